The van der Waals surface area contributed by atoms with Crippen LogP contribution in [0.15, 0.2) is 18.5 Å². The smallest absolute Gasteiger partial charge is 0.223 e. The van der Waals surface area contributed by atoms with Gasteiger partial charge >= 0.3 is 0 Å². The Morgan fingerprint density at radius 3 is 3.17 bits per heavy atom. The van der Waals surface area contributed by atoms with Crippen molar-refractivity contribution in [1.82, 2.24) is 15.6 Å². The number of hydrogen-bond donors (Lipinski definition) is 2. The van der Waals surface area contributed by atoms with Crippen molar-refractivity contribution in [1.29, 1.82) is 0 Å². The molecule has 2 heterocycles. The van der Waals surface area contributed by atoms with Gasteiger partial charge in [-0.3, -0.25) is 9.78 Å². The summed E-state index contributed by atoms with van der Waals surface area (Å²) in [4.78, 5) is 16.1. The average molecular weight is 247 g/mol. The highest BCUT2D eigenvalue weighted by Crippen LogP contribution is 2.16. The van der Waals surface area contributed by atoms with E-state index in [2.05, 4.69) is 22.5 Å². The molecule has 1 amide bonds. The van der Waals surface area contributed by atoms with Gasteiger partial charge in [-0.1, -0.05) is 0 Å². The predicted octanol–water partition coefficient (Wildman–Crippen LogP) is 1.39. The van der Waals surface area contributed by atoms with Crippen LogP contribution in [0.5, 0.6) is 0 Å². The number of carbonyl (C=O) groups excluding carboxylic acids is 1. The molecule has 1 aliphatic rings. The molecule has 98 valence electrons. The summed E-state index contributed by atoms with van der Waals surface area (Å²) in [6.07, 6.45) is 5.46. The molecule has 4 nitrogen and oxygen atoms in total. The number of carbonyl (C=O) groups is 1. The van der Waals surface area contributed by atoms with Crippen LogP contribution >= 0.6 is 0 Å². The molecule has 1 aromatic heterocycles. The number of rotatable bonds is 3. The van der Waals surface area contributed by atoms with Crippen molar-refractivity contribution in [2.24, 2.45) is 5.92 Å². The highest BCUT2D eigenvalue weighted by molar-refractivity contribution is 5.78. The fraction of sp³-hybridized carbons (Fsp3) is 0.571. The summed E-state index contributed by atoms with van der Waals surface area (Å²) < 4.78 is 0. The van der Waals surface area contributed by atoms with E-state index in [9.17, 15) is 4.79 Å². The number of aryl methyl sites for hydroxylation is 1. The molecule has 4 heteroatoms. The molecule has 0 bridgehead atoms. The van der Waals surface area contributed by atoms with Crippen LogP contribution in [-0.2, 0) is 11.3 Å². The van der Waals surface area contributed by atoms with Crippen LogP contribution in [0.2, 0.25) is 0 Å². The van der Waals surface area contributed by atoms with Crippen molar-refractivity contribution >= 4 is 5.91 Å². The van der Waals surface area contributed by atoms with Gasteiger partial charge in [-0.25, -0.2) is 0 Å². The second kappa shape index (κ2) is 5.96. The van der Waals surface area contributed by atoms with Crippen molar-refractivity contribution in [2.45, 2.75) is 39.3 Å². The Balaban J connectivity index is 1.86. The lowest BCUT2D eigenvalue weighted by molar-refractivity contribution is -0.126. The molecule has 1 aliphatic heterocycles. The largest absolute Gasteiger partial charge is 0.352 e. The van der Waals surface area contributed by atoms with Crippen LogP contribution in [0.4, 0.5) is 0 Å². The highest BCUT2D eigenvalue weighted by Gasteiger charge is 2.24. The standard InChI is InChI=1S/C14H21N3O/c1-10-8-15-5-3-13(10)9-17-14(18)12-4-6-16-11(2)7-12/h3,5,8,11-12,16H,4,6-7,9H2,1-2H3,(H,17,18). The van der Waals surface area contributed by atoms with E-state index in [4.69, 9.17) is 0 Å². The summed E-state index contributed by atoms with van der Waals surface area (Å²) in [6.45, 7) is 5.69. The molecule has 18 heavy (non-hydrogen) atoms. The molecule has 2 N–H and O–H groups in total. The lowest BCUT2D eigenvalue weighted by Gasteiger charge is -2.27. The average Bonchev–Trinajstić information content (AvgIpc) is 2.37. The van der Waals surface area contributed by atoms with Gasteiger partial charge in [-0.05, 0) is 50.4 Å². The number of amides is 1. The van der Waals surface area contributed by atoms with Gasteiger partial charge in [0.15, 0.2) is 0 Å². The number of aromatic nitrogens is 1. The fourth-order valence-electron chi connectivity index (χ4n) is 2.40. The summed E-state index contributed by atoms with van der Waals surface area (Å²) >= 11 is 0. The molecule has 0 spiro atoms. The third kappa shape index (κ3) is 3.29. The number of piperidine rings is 1. The first-order chi connectivity index (χ1) is 8.66. The van der Waals surface area contributed by atoms with Gasteiger partial charge in [-0.15, -0.1) is 0 Å². The van der Waals surface area contributed by atoms with Crippen LogP contribution in [0.3, 0.4) is 0 Å². The van der Waals surface area contributed by atoms with E-state index in [-0.39, 0.29) is 11.8 Å². The summed E-state index contributed by atoms with van der Waals surface area (Å²) in [5.74, 6) is 0.336. The zero-order valence-corrected chi connectivity index (χ0v) is 11.1. The number of hydrogen-bond acceptors (Lipinski definition) is 3. The molecule has 2 atom stereocenters. The van der Waals surface area contributed by atoms with Gasteiger partial charge in [0, 0.05) is 30.9 Å². The van der Waals surface area contributed by atoms with Gasteiger partial charge in [-0.2, -0.15) is 0 Å². The zero-order chi connectivity index (χ0) is 13.0. The van der Waals surface area contributed by atoms with Crippen LogP contribution in [0.1, 0.15) is 30.9 Å². The topological polar surface area (TPSA) is 54.0 Å². The fourth-order valence-corrected chi connectivity index (χ4v) is 2.40. The van der Waals surface area contributed by atoms with E-state index in [0.717, 1.165) is 30.5 Å². The van der Waals surface area contributed by atoms with Gasteiger partial charge in [0.1, 0.15) is 0 Å². The maximum atomic E-state index is 12.1. The quantitative estimate of drug-likeness (QED) is 0.849. The molecular formula is C14H21N3O. The van der Waals surface area contributed by atoms with Crippen LogP contribution in [0, 0.1) is 12.8 Å². The predicted molar refractivity (Wildman–Crippen MR) is 71.0 cm³/mol. The van der Waals surface area contributed by atoms with Crippen molar-refractivity contribution in [3.05, 3.63) is 29.6 Å². The third-order valence-electron chi connectivity index (χ3n) is 3.58. The van der Waals surface area contributed by atoms with E-state index >= 15 is 0 Å². The minimum atomic E-state index is 0.156. The monoisotopic (exact) mass is 247 g/mol. The van der Waals surface area contributed by atoms with E-state index in [0.29, 0.717) is 12.6 Å². The molecule has 1 aromatic rings. The summed E-state index contributed by atoms with van der Waals surface area (Å²) in [5.41, 5.74) is 2.26. The molecule has 1 fully saturated rings. The zero-order valence-electron chi connectivity index (χ0n) is 11.1. The number of nitrogens with one attached hydrogen (secondary N) is 2. The molecule has 0 radical (unpaired) electrons. The minimum Gasteiger partial charge on any atom is -0.352 e. The van der Waals surface area contributed by atoms with Crippen molar-refractivity contribution in [3.8, 4) is 0 Å². The SMILES string of the molecule is Cc1cnccc1CNC(=O)C1CCNC(C)C1. The van der Waals surface area contributed by atoms with E-state index in [1.165, 1.54) is 0 Å². The molecular weight excluding hydrogens is 226 g/mol. The van der Waals surface area contributed by atoms with Crippen molar-refractivity contribution in [2.75, 3.05) is 6.54 Å². The van der Waals surface area contributed by atoms with Gasteiger partial charge < -0.3 is 10.6 Å². The lowest BCUT2D eigenvalue weighted by atomic mass is 9.92. The third-order valence-corrected chi connectivity index (χ3v) is 3.58. The Labute approximate surface area is 108 Å². The number of pyridine rings is 1. The molecule has 0 saturated carbocycles. The molecule has 2 unspecified atom stereocenters. The van der Waals surface area contributed by atoms with Crippen molar-refractivity contribution in [3.63, 3.8) is 0 Å². The molecule has 2 rings (SSSR count). The first-order valence-corrected chi connectivity index (χ1v) is 6.57. The van der Waals surface area contributed by atoms with Crippen LogP contribution in [0.25, 0.3) is 0 Å². The maximum absolute atomic E-state index is 12.1. The molecule has 1 saturated heterocycles. The molecule has 0 aromatic carbocycles. The van der Waals surface area contributed by atoms with Gasteiger partial charge in [0.2, 0.25) is 5.91 Å². The molecule has 0 aliphatic carbocycles. The maximum Gasteiger partial charge on any atom is 0.223 e. The second-order valence-corrected chi connectivity index (χ2v) is 5.10. The Kier molecular flexibility index (Phi) is 4.31. The highest BCUT2D eigenvalue weighted by atomic mass is 16.1. The summed E-state index contributed by atoms with van der Waals surface area (Å²) in [7, 11) is 0. The summed E-state index contributed by atoms with van der Waals surface area (Å²) in [6, 6.07) is 2.40. The Morgan fingerprint density at radius 1 is 1.61 bits per heavy atom. The van der Waals surface area contributed by atoms with E-state index < -0.39 is 0 Å². The van der Waals surface area contributed by atoms with E-state index in [1.807, 2.05) is 19.2 Å². The Bertz CT molecular complexity index is 419. The first-order valence-electron chi connectivity index (χ1n) is 6.57. The van der Waals surface area contributed by atoms with E-state index in [1.54, 1.807) is 6.20 Å². The lowest BCUT2D eigenvalue weighted by Crippen LogP contribution is -2.42. The number of nitrogens with zero attached hydrogens (tertiary/aromatic N) is 1. The van der Waals surface area contributed by atoms with Crippen molar-refractivity contribution < 1.29 is 4.79 Å². The normalized spacial score (nSPS) is 23.7. The first kappa shape index (κ1) is 13.0. The Morgan fingerprint density at radius 2 is 2.44 bits per heavy atom. The summed E-state index contributed by atoms with van der Waals surface area (Å²) in [5, 5.41) is 6.40. The second-order valence-electron chi connectivity index (χ2n) is 5.10. The van der Waals surface area contributed by atoms with Gasteiger partial charge in [0.25, 0.3) is 0 Å². The van der Waals surface area contributed by atoms with Crippen LogP contribution in [-0.4, -0.2) is 23.5 Å². The van der Waals surface area contributed by atoms with Crippen LogP contribution < -0.4 is 10.6 Å². The van der Waals surface area contributed by atoms with Gasteiger partial charge in [0.05, 0.1) is 0 Å². The Hall–Kier alpha value is -1.42. The minimum absolute atomic E-state index is 0.156.